The summed E-state index contributed by atoms with van der Waals surface area (Å²) in [7, 11) is 1.52. The zero-order valence-corrected chi connectivity index (χ0v) is 9.75. The molecule has 1 rings (SSSR count). The second-order valence-electron chi connectivity index (χ2n) is 3.53. The Labute approximate surface area is 94.3 Å². The maximum Gasteiger partial charge on any atom is 0.127 e. The Kier molecular flexibility index (Phi) is 3.97. The minimum atomic E-state index is -0.989. The van der Waals surface area contributed by atoms with Crippen LogP contribution in [0, 0.1) is 6.92 Å². The number of halogens is 1. The predicted octanol–water partition coefficient (Wildman–Crippen LogP) is 2.07. The van der Waals surface area contributed by atoms with E-state index in [2.05, 4.69) is 0 Å². The van der Waals surface area contributed by atoms with Crippen molar-refractivity contribution in [3.05, 3.63) is 28.3 Å². The molecule has 15 heavy (non-hydrogen) atoms. The molecule has 0 amide bonds. The molecular weight excluding hydrogens is 216 g/mol. The SMILES string of the molecule is COc1c(C)cc(Cl)cc1C(O)C(C)O. The lowest BCUT2D eigenvalue weighted by Gasteiger charge is -2.19. The van der Waals surface area contributed by atoms with Crippen LogP contribution < -0.4 is 4.74 Å². The first-order valence-electron chi connectivity index (χ1n) is 4.67. The van der Waals surface area contributed by atoms with E-state index >= 15 is 0 Å². The van der Waals surface area contributed by atoms with Crippen LogP contribution in [0.4, 0.5) is 0 Å². The Bertz CT molecular complexity index is 350. The van der Waals surface area contributed by atoms with Gasteiger partial charge in [0.25, 0.3) is 0 Å². The largest absolute Gasteiger partial charge is 0.496 e. The highest BCUT2D eigenvalue weighted by atomic mass is 35.5. The molecule has 0 spiro atoms. The summed E-state index contributed by atoms with van der Waals surface area (Å²) in [5.74, 6) is 0.563. The number of benzene rings is 1. The minimum Gasteiger partial charge on any atom is -0.496 e. The highest BCUT2D eigenvalue weighted by molar-refractivity contribution is 6.30. The highest BCUT2D eigenvalue weighted by Gasteiger charge is 2.20. The molecule has 0 aliphatic heterocycles. The fourth-order valence-corrected chi connectivity index (χ4v) is 1.80. The topological polar surface area (TPSA) is 49.7 Å². The zero-order chi connectivity index (χ0) is 11.6. The van der Waals surface area contributed by atoms with Crippen molar-refractivity contribution in [1.82, 2.24) is 0 Å². The van der Waals surface area contributed by atoms with E-state index in [9.17, 15) is 10.2 Å². The number of rotatable bonds is 3. The van der Waals surface area contributed by atoms with Gasteiger partial charge in [-0.15, -0.1) is 0 Å². The Morgan fingerprint density at radius 3 is 2.40 bits per heavy atom. The van der Waals surface area contributed by atoms with Crippen LogP contribution in [-0.4, -0.2) is 23.4 Å². The van der Waals surface area contributed by atoms with Gasteiger partial charge in [-0.25, -0.2) is 0 Å². The van der Waals surface area contributed by atoms with E-state index in [0.717, 1.165) is 5.56 Å². The standard InChI is InChI=1S/C11H15ClO3/c1-6-4-8(12)5-9(11(6)15-3)10(14)7(2)13/h4-5,7,10,13-14H,1-3H3. The summed E-state index contributed by atoms with van der Waals surface area (Å²) in [6.45, 7) is 3.35. The number of aliphatic hydroxyl groups excluding tert-OH is 2. The molecule has 2 N–H and O–H groups in total. The van der Waals surface area contributed by atoms with Crippen molar-refractivity contribution in [2.75, 3.05) is 7.11 Å². The first-order chi connectivity index (χ1) is 6.97. The van der Waals surface area contributed by atoms with E-state index in [1.165, 1.54) is 14.0 Å². The Morgan fingerprint density at radius 1 is 1.33 bits per heavy atom. The van der Waals surface area contributed by atoms with Crippen LogP contribution in [0.25, 0.3) is 0 Å². The molecule has 1 aromatic rings. The quantitative estimate of drug-likeness (QED) is 0.836. The molecule has 84 valence electrons. The molecule has 0 saturated heterocycles. The van der Waals surface area contributed by atoms with Crippen LogP contribution in [0.5, 0.6) is 5.75 Å². The first-order valence-corrected chi connectivity index (χ1v) is 5.05. The molecule has 3 nitrogen and oxygen atoms in total. The fraction of sp³-hybridized carbons (Fsp3) is 0.455. The van der Waals surface area contributed by atoms with Crippen LogP contribution in [0.3, 0.4) is 0 Å². The predicted molar refractivity (Wildman–Crippen MR) is 59.4 cm³/mol. The van der Waals surface area contributed by atoms with Gasteiger partial charge in [0, 0.05) is 10.6 Å². The van der Waals surface area contributed by atoms with Crippen molar-refractivity contribution < 1.29 is 14.9 Å². The normalized spacial score (nSPS) is 14.8. The van der Waals surface area contributed by atoms with Gasteiger partial charge < -0.3 is 14.9 Å². The minimum absolute atomic E-state index is 0.512. The lowest BCUT2D eigenvalue weighted by atomic mass is 10.0. The summed E-state index contributed by atoms with van der Waals surface area (Å²) in [4.78, 5) is 0. The molecule has 2 atom stereocenters. The first kappa shape index (κ1) is 12.3. The third-order valence-electron chi connectivity index (χ3n) is 2.25. The van der Waals surface area contributed by atoms with E-state index in [4.69, 9.17) is 16.3 Å². The van der Waals surface area contributed by atoms with E-state index < -0.39 is 12.2 Å². The summed E-state index contributed by atoms with van der Waals surface area (Å²) in [5.41, 5.74) is 1.34. The average Bonchev–Trinajstić information content (AvgIpc) is 2.15. The average molecular weight is 231 g/mol. The molecule has 2 unspecified atom stereocenters. The van der Waals surface area contributed by atoms with Crippen molar-refractivity contribution in [2.24, 2.45) is 0 Å². The van der Waals surface area contributed by atoms with Crippen LogP contribution in [-0.2, 0) is 0 Å². The van der Waals surface area contributed by atoms with Crippen molar-refractivity contribution in [3.63, 3.8) is 0 Å². The van der Waals surface area contributed by atoms with Gasteiger partial charge in [-0.3, -0.25) is 0 Å². The van der Waals surface area contributed by atoms with Gasteiger partial charge in [0.1, 0.15) is 11.9 Å². The molecular formula is C11H15ClO3. The molecule has 0 aliphatic rings. The van der Waals surface area contributed by atoms with E-state index in [-0.39, 0.29) is 0 Å². The van der Waals surface area contributed by atoms with Gasteiger partial charge in [0.05, 0.1) is 13.2 Å². The number of aryl methyl sites for hydroxylation is 1. The van der Waals surface area contributed by atoms with Crippen LogP contribution in [0.2, 0.25) is 5.02 Å². The maximum absolute atomic E-state index is 9.77. The molecule has 0 saturated carbocycles. The van der Waals surface area contributed by atoms with E-state index in [1.54, 1.807) is 12.1 Å². The Balaban J connectivity index is 3.26. The Hall–Kier alpha value is -0.770. The molecule has 4 heteroatoms. The number of aliphatic hydroxyl groups is 2. The summed E-state index contributed by atoms with van der Waals surface area (Å²) in [6, 6.07) is 3.35. The van der Waals surface area contributed by atoms with Gasteiger partial charge in [-0.1, -0.05) is 11.6 Å². The molecule has 0 aliphatic carbocycles. The highest BCUT2D eigenvalue weighted by Crippen LogP contribution is 2.33. The summed E-state index contributed by atoms with van der Waals surface area (Å²) in [6.07, 6.45) is -1.85. The van der Waals surface area contributed by atoms with Crippen LogP contribution in [0.15, 0.2) is 12.1 Å². The van der Waals surface area contributed by atoms with Gasteiger partial charge in [0.2, 0.25) is 0 Å². The fourth-order valence-electron chi connectivity index (χ4n) is 1.51. The second-order valence-corrected chi connectivity index (χ2v) is 3.97. The van der Waals surface area contributed by atoms with Crippen molar-refractivity contribution in [2.45, 2.75) is 26.1 Å². The van der Waals surface area contributed by atoms with Gasteiger partial charge in [-0.2, -0.15) is 0 Å². The molecule has 0 radical (unpaired) electrons. The molecule has 0 bridgehead atoms. The van der Waals surface area contributed by atoms with Gasteiger partial charge >= 0.3 is 0 Å². The molecule has 0 heterocycles. The number of ether oxygens (including phenoxy) is 1. The third kappa shape index (κ3) is 2.62. The number of methoxy groups -OCH3 is 1. The third-order valence-corrected chi connectivity index (χ3v) is 2.47. The number of hydrogen-bond donors (Lipinski definition) is 2. The number of hydrogen-bond acceptors (Lipinski definition) is 3. The van der Waals surface area contributed by atoms with Crippen molar-refractivity contribution in [1.29, 1.82) is 0 Å². The smallest absolute Gasteiger partial charge is 0.127 e. The Morgan fingerprint density at radius 2 is 1.93 bits per heavy atom. The van der Waals surface area contributed by atoms with Crippen molar-refractivity contribution in [3.8, 4) is 5.75 Å². The van der Waals surface area contributed by atoms with E-state index in [1.807, 2.05) is 6.92 Å². The van der Waals surface area contributed by atoms with Gasteiger partial charge in [0.15, 0.2) is 0 Å². The molecule has 0 aromatic heterocycles. The van der Waals surface area contributed by atoms with Gasteiger partial charge in [-0.05, 0) is 31.5 Å². The molecule has 1 aromatic carbocycles. The van der Waals surface area contributed by atoms with Crippen LogP contribution in [0.1, 0.15) is 24.2 Å². The summed E-state index contributed by atoms with van der Waals surface area (Å²) in [5, 5.41) is 19.6. The zero-order valence-electron chi connectivity index (χ0n) is 8.99. The lowest BCUT2D eigenvalue weighted by molar-refractivity contribution is 0.0290. The summed E-state index contributed by atoms with van der Waals surface area (Å²) < 4.78 is 5.17. The lowest BCUT2D eigenvalue weighted by Crippen LogP contribution is -2.15. The monoisotopic (exact) mass is 230 g/mol. The van der Waals surface area contributed by atoms with E-state index in [0.29, 0.717) is 16.3 Å². The second kappa shape index (κ2) is 4.84. The van der Waals surface area contributed by atoms with Crippen molar-refractivity contribution >= 4 is 11.6 Å². The maximum atomic E-state index is 9.77. The summed E-state index contributed by atoms with van der Waals surface area (Å²) >= 11 is 5.88. The molecule has 0 fully saturated rings. The van der Waals surface area contributed by atoms with Crippen LogP contribution >= 0.6 is 11.6 Å².